The Labute approximate surface area is 133 Å². The highest BCUT2D eigenvalue weighted by atomic mass is 32.1. The van der Waals surface area contributed by atoms with E-state index in [-0.39, 0.29) is 0 Å². The van der Waals surface area contributed by atoms with Crippen LogP contribution in [0.4, 0.5) is 0 Å². The summed E-state index contributed by atoms with van der Waals surface area (Å²) in [5.41, 5.74) is 6.46. The molecule has 0 radical (unpaired) electrons. The Balaban J connectivity index is 1.61. The van der Waals surface area contributed by atoms with Gasteiger partial charge in [-0.15, -0.1) is 11.3 Å². The first-order valence-corrected chi connectivity index (χ1v) is 9.53. The molecular weight excluding hydrogens is 276 g/mol. The van der Waals surface area contributed by atoms with Crippen LogP contribution in [0.15, 0.2) is 17.5 Å². The lowest BCUT2D eigenvalue weighted by atomic mass is 9.73. The number of nitrogens with zero attached hydrogens (tertiary/aromatic N) is 1. The smallest absolute Gasteiger partial charge is 0.0330 e. The van der Waals surface area contributed by atoms with Gasteiger partial charge in [-0.3, -0.25) is 4.90 Å². The molecule has 2 nitrogen and oxygen atoms in total. The van der Waals surface area contributed by atoms with Crippen molar-refractivity contribution in [2.75, 3.05) is 6.54 Å². The lowest BCUT2D eigenvalue weighted by Gasteiger charge is -2.38. The number of rotatable bonds is 6. The highest BCUT2D eigenvalue weighted by Gasteiger charge is 2.35. The second kappa shape index (κ2) is 6.80. The van der Waals surface area contributed by atoms with E-state index in [9.17, 15) is 0 Å². The molecule has 2 N–H and O–H groups in total. The van der Waals surface area contributed by atoms with Gasteiger partial charge in [-0.1, -0.05) is 19.9 Å². The lowest BCUT2D eigenvalue weighted by Crippen LogP contribution is -2.44. The first-order valence-electron chi connectivity index (χ1n) is 8.65. The Bertz CT molecular complexity index is 424. The Morgan fingerprint density at radius 1 is 1.29 bits per heavy atom. The van der Waals surface area contributed by atoms with E-state index in [0.717, 1.165) is 24.4 Å². The molecule has 0 saturated heterocycles. The van der Waals surface area contributed by atoms with Crippen LogP contribution in [0.2, 0.25) is 0 Å². The number of hydrogen-bond acceptors (Lipinski definition) is 3. The summed E-state index contributed by atoms with van der Waals surface area (Å²) < 4.78 is 0. The molecule has 1 heterocycles. The monoisotopic (exact) mass is 306 g/mol. The van der Waals surface area contributed by atoms with Crippen LogP contribution in [0.3, 0.4) is 0 Å². The standard InChI is InChI=1S/C18H30N2S/c1-13(2)14-5-8-18(19)15(10-14)11-20(16-6-7-16)12-17-4-3-9-21-17/h3-4,9,13-16,18H,5-8,10-12,19H2,1-2H3. The van der Waals surface area contributed by atoms with Crippen LogP contribution in [0, 0.1) is 17.8 Å². The third-order valence-electron chi connectivity index (χ3n) is 5.50. The largest absolute Gasteiger partial charge is 0.327 e. The van der Waals surface area contributed by atoms with E-state index in [1.54, 1.807) is 0 Å². The van der Waals surface area contributed by atoms with E-state index in [2.05, 4.69) is 36.3 Å². The highest BCUT2D eigenvalue weighted by Crippen LogP contribution is 2.36. The molecule has 21 heavy (non-hydrogen) atoms. The minimum Gasteiger partial charge on any atom is -0.327 e. The van der Waals surface area contributed by atoms with Gasteiger partial charge < -0.3 is 5.73 Å². The van der Waals surface area contributed by atoms with Crippen LogP contribution in [0.25, 0.3) is 0 Å². The average Bonchev–Trinajstić information content (AvgIpc) is 3.18. The van der Waals surface area contributed by atoms with Gasteiger partial charge in [0.25, 0.3) is 0 Å². The molecule has 3 heteroatoms. The Hall–Kier alpha value is -0.380. The zero-order valence-electron chi connectivity index (χ0n) is 13.5. The van der Waals surface area contributed by atoms with Gasteiger partial charge in [-0.2, -0.15) is 0 Å². The minimum absolute atomic E-state index is 0.421. The zero-order valence-corrected chi connectivity index (χ0v) is 14.3. The summed E-state index contributed by atoms with van der Waals surface area (Å²) in [5, 5.41) is 2.20. The molecule has 0 spiro atoms. The first-order chi connectivity index (χ1) is 10.1. The number of hydrogen-bond donors (Lipinski definition) is 1. The summed E-state index contributed by atoms with van der Waals surface area (Å²) in [5.74, 6) is 2.40. The average molecular weight is 307 g/mol. The molecule has 118 valence electrons. The molecule has 2 aliphatic rings. The van der Waals surface area contributed by atoms with E-state index in [4.69, 9.17) is 5.73 Å². The molecule has 1 aromatic rings. The predicted molar refractivity (Wildman–Crippen MR) is 91.4 cm³/mol. The third-order valence-corrected chi connectivity index (χ3v) is 6.36. The van der Waals surface area contributed by atoms with E-state index in [1.165, 1.54) is 43.5 Å². The molecule has 0 aliphatic heterocycles. The van der Waals surface area contributed by atoms with Gasteiger partial charge in [0.15, 0.2) is 0 Å². The van der Waals surface area contributed by atoms with Crippen molar-refractivity contribution < 1.29 is 0 Å². The molecule has 0 bridgehead atoms. The van der Waals surface area contributed by atoms with Crippen LogP contribution in [-0.2, 0) is 6.54 Å². The summed E-state index contributed by atoms with van der Waals surface area (Å²) in [6, 6.07) is 5.70. The SMILES string of the molecule is CC(C)C1CCC(N)C(CN(Cc2cccs2)C2CC2)C1. The van der Waals surface area contributed by atoms with Crippen molar-refractivity contribution in [3.8, 4) is 0 Å². The lowest BCUT2D eigenvalue weighted by molar-refractivity contribution is 0.129. The topological polar surface area (TPSA) is 29.3 Å². The van der Waals surface area contributed by atoms with Crippen LogP contribution in [0.5, 0.6) is 0 Å². The first kappa shape index (κ1) is 15.5. The fourth-order valence-electron chi connectivity index (χ4n) is 3.83. The van der Waals surface area contributed by atoms with E-state index < -0.39 is 0 Å². The third kappa shape index (κ3) is 4.08. The maximum Gasteiger partial charge on any atom is 0.0330 e. The maximum atomic E-state index is 6.46. The summed E-state index contributed by atoms with van der Waals surface area (Å²) in [6.07, 6.45) is 6.68. The zero-order chi connectivity index (χ0) is 14.8. The van der Waals surface area contributed by atoms with Crippen LogP contribution < -0.4 is 5.73 Å². The van der Waals surface area contributed by atoms with Gasteiger partial charge in [-0.25, -0.2) is 0 Å². The molecule has 0 amide bonds. The Morgan fingerprint density at radius 2 is 2.10 bits per heavy atom. The van der Waals surface area contributed by atoms with Gasteiger partial charge >= 0.3 is 0 Å². The molecular formula is C18H30N2S. The number of nitrogens with two attached hydrogens (primary N) is 1. The minimum atomic E-state index is 0.421. The van der Waals surface area contributed by atoms with Crippen molar-refractivity contribution in [3.63, 3.8) is 0 Å². The summed E-state index contributed by atoms with van der Waals surface area (Å²) in [4.78, 5) is 4.23. The van der Waals surface area contributed by atoms with Crippen molar-refractivity contribution in [2.24, 2.45) is 23.5 Å². The Morgan fingerprint density at radius 3 is 2.71 bits per heavy atom. The molecule has 0 aromatic carbocycles. The van der Waals surface area contributed by atoms with Crippen molar-refractivity contribution in [1.29, 1.82) is 0 Å². The van der Waals surface area contributed by atoms with Gasteiger partial charge in [0.1, 0.15) is 0 Å². The normalized spacial score (nSPS) is 30.2. The van der Waals surface area contributed by atoms with Crippen molar-refractivity contribution in [3.05, 3.63) is 22.4 Å². The van der Waals surface area contributed by atoms with Gasteiger partial charge in [0.2, 0.25) is 0 Å². The molecule has 3 rings (SSSR count). The van der Waals surface area contributed by atoms with E-state index in [1.807, 2.05) is 11.3 Å². The van der Waals surface area contributed by atoms with Crippen LogP contribution in [0.1, 0.15) is 50.8 Å². The van der Waals surface area contributed by atoms with Gasteiger partial charge in [0, 0.05) is 30.1 Å². The van der Waals surface area contributed by atoms with Crippen molar-refractivity contribution in [2.45, 2.75) is 64.6 Å². The highest BCUT2D eigenvalue weighted by molar-refractivity contribution is 7.09. The van der Waals surface area contributed by atoms with Crippen LogP contribution in [-0.4, -0.2) is 23.5 Å². The molecule has 1 aromatic heterocycles. The summed E-state index contributed by atoms with van der Waals surface area (Å²) in [7, 11) is 0. The molecule has 3 unspecified atom stereocenters. The van der Waals surface area contributed by atoms with Crippen LogP contribution >= 0.6 is 11.3 Å². The molecule has 2 aliphatic carbocycles. The molecule has 3 atom stereocenters. The maximum absolute atomic E-state index is 6.46. The van der Waals surface area contributed by atoms with Crippen molar-refractivity contribution >= 4 is 11.3 Å². The second-order valence-electron chi connectivity index (χ2n) is 7.48. The van der Waals surface area contributed by atoms with E-state index in [0.29, 0.717) is 12.0 Å². The van der Waals surface area contributed by atoms with Gasteiger partial charge in [-0.05, 0) is 61.3 Å². The predicted octanol–water partition coefficient (Wildman–Crippen LogP) is 4.11. The van der Waals surface area contributed by atoms with E-state index >= 15 is 0 Å². The fourth-order valence-corrected chi connectivity index (χ4v) is 4.55. The molecule has 2 saturated carbocycles. The molecule has 2 fully saturated rings. The fraction of sp³-hybridized carbons (Fsp3) is 0.778. The number of thiophene rings is 1. The summed E-state index contributed by atoms with van der Waals surface area (Å²) >= 11 is 1.89. The van der Waals surface area contributed by atoms with Gasteiger partial charge in [0.05, 0.1) is 0 Å². The Kier molecular flexibility index (Phi) is 5.03. The quantitative estimate of drug-likeness (QED) is 0.857. The summed E-state index contributed by atoms with van der Waals surface area (Å²) in [6.45, 7) is 7.11. The second-order valence-corrected chi connectivity index (χ2v) is 8.51. The van der Waals surface area contributed by atoms with Crippen molar-refractivity contribution in [1.82, 2.24) is 4.90 Å².